The van der Waals surface area contributed by atoms with E-state index in [1.165, 1.54) is 18.2 Å². The minimum atomic E-state index is -4.44. The van der Waals surface area contributed by atoms with Crippen LogP contribution in [0, 0.1) is 0 Å². The predicted octanol–water partition coefficient (Wildman–Crippen LogP) is 5.15. The Kier molecular flexibility index (Phi) is 5.22. The molecule has 0 fully saturated rings. The SMILES string of the molecule is O=C1CC(c2cccc(-c3ccncc3)c2)=Nc2cc(OCC(F)(F)F)ccc2N1. The first kappa shape index (κ1) is 19.6. The molecule has 1 aliphatic heterocycles. The Bertz CT molecular complexity index is 1110. The number of fused-ring (bicyclic) bond motifs is 1. The second-order valence-corrected chi connectivity index (χ2v) is 6.68. The van der Waals surface area contributed by atoms with Crippen LogP contribution < -0.4 is 10.1 Å². The molecule has 30 heavy (non-hydrogen) atoms. The molecule has 0 aliphatic carbocycles. The Hall–Kier alpha value is -3.68. The van der Waals surface area contributed by atoms with Gasteiger partial charge in [-0.1, -0.05) is 18.2 Å². The van der Waals surface area contributed by atoms with Crippen molar-refractivity contribution in [2.24, 2.45) is 4.99 Å². The lowest BCUT2D eigenvalue weighted by molar-refractivity contribution is -0.153. The van der Waals surface area contributed by atoms with Crippen molar-refractivity contribution >= 4 is 23.0 Å². The Morgan fingerprint density at radius 2 is 1.73 bits per heavy atom. The lowest BCUT2D eigenvalue weighted by atomic mass is 10.0. The second kappa shape index (κ2) is 7.98. The topological polar surface area (TPSA) is 63.6 Å². The number of carbonyl (C=O) groups is 1. The Balaban J connectivity index is 1.69. The molecule has 1 aromatic heterocycles. The average molecular weight is 411 g/mol. The summed E-state index contributed by atoms with van der Waals surface area (Å²) in [7, 11) is 0. The first-order chi connectivity index (χ1) is 14.4. The Labute approximate surface area is 170 Å². The van der Waals surface area contributed by atoms with Gasteiger partial charge >= 0.3 is 6.18 Å². The number of aliphatic imine (C=N–C) groups is 1. The molecule has 1 N–H and O–H groups in total. The molecule has 2 aromatic carbocycles. The zero-order chi connectivity index (χ0) is 21.1. The van der Waals surface area contributed by atoms with E-state index in [0.717, 1.165) is 16.7 Å². The summed E-state index contributed by atoms with van der Waals surface area (Å²) < 4.78 is 42.1. The van der Waals surface area contributed by atoms with E-state index in [9.17, 15) is 18.0 Å². The lowest BCUT2D eigenvalue weighted by Crippen LogP contribution is -2.19. The Morgan fingerprint density at radius 1 is 0.967 bits per heavy atom. The number of pyridine rings is 1. The molecule has 3 aromatic rings. The van der Waals surface area contributed by atoms with Crippen molar-refractivity contribution in [2.45, 2.75) is 12.6 Å². The molecular formula is C22H16F3N3O2. The minimum Gasteiger partial charge on any atom is -0.484 e. The fraction of sp³-hybridized carbons (Fsp3) is 0.136. The number of benzene rings is 2. The van der Waals surface area contributed by atoms with Crippen molar-refractivity contribution < 1.29 is 22.7 Å². The third-order valence-electron chi connectivity index (χ3n) is 4.44. The first-order valence-electron chi connectivity index (χ1n) is 9.09. The second-order valence-electron chi connectivity index (χ2n) is 6.68. The maximum Gasteiger partial charge on any atom is 0.422 e. The predicted molar refractivity (Wildman–Crippen MR) is 107 cm³/mol. The third kappa shape index (κ3) is 4.65. The highest BCUT2D eigenvalue weighted by molar-refractivity contribution is 6.17. The summed E-state index contributed by atoms with van der Waals surface area (Å²) in [6, 6.07) is 15.5. The van der Waals surface area contributed by atoms with Gasteiger partial charge in [0.15, 0.2) is 6.61 Å². The van der Waals surface area contributed by atoms with E-state index in [1.54, 1.807) is 12.4 Å². The molecule has 8 heteroatoms. The van der Waals surface area contributed by atoms with Crippen molar-refractivity contribution in [3.8, 4) is 16.9 Å². The molecule has 2 heterocycles. The van der Waals surface area contributed by atoms with Crippen molar-refractivity contribution in [3.63, 3.8) is 0 Å². The fourth-order valence-electron chi connectivity index (χ4n) is 3.09. The zero-order valence-corrected chi connectivity index (χ0v) is 15.6. The van der Waals surface area contributed by atoms with E-state index in [0.29, 0.717) is 17.1 Å². The summed E-state index contributed by atoms with van der Waals surface area (Å²) in [5.41, 5.74) is 3.91. The van der Waals surface area contributed by atoms with Crippen LogP contribution >= 0.6 is 0 Å². The summed E-state index contributed by atoms with van der Waals surface area (Å²) in [6.07, 6.45) is -1.02. The van der Waals surface area contributed by atoms with Crippen LogP contribution in [0.4, 0.5) is 24.5 Å². The van der Waals surface area contributed by atoms with E-state index >= 15 is 0 Å². The molecule has 0 unspecified atom stereocenters. The number of aromatic nitrogens is 1. The van der Waals surface area contributed by atoms with Crippen LogP contribution in [0.25, 0.3) is 11.1 Å². The van der Waals surface area contributed by atoms with Gasteiger partial charge in [0.2, 0.25) is 5.91 Å². The maximum absolute atomic E-state index is 12.4. The number of nitrogens with zero attached hydrogens (tertiary/aromatic N) is 2. The van der Waals surface area contributed by atoms with E-state index in [-0.39, 0.29) is 18.1 Å². The molecule has 5 nitrogen and oxygen atoms in total. The number of hydrogen-bond acceptors (Lipinski definition) is 4. The lowest BCUT2D eigenvalue weighted by Gasteiger charge is -2.11. The largest absolute Gasteiger partial charge is 0.484 e. The van der Waals surface area contributed by atoms with Gasteiger partial charge in [0, 0.05) is 18.5 Å². The van der Waals surface area contributed by atoms with E-state index < -0.39 is 12.8 Å². The quantitative estimate of drug-likeness (QED) is 0.646. The van der Waals surface area contributed by atoms with Crippen LogP contribution in [0.3, 0.4) is 0 Å². The summed E-state index contributed by atoms with van der Waals surface area (Å²) in [6.45, 7) is -1.40. The monoisotopic (exact) mass is 411 g/mol. The van der Waals surface area contributed by atoms with E-state index in [2.05, 4.69) is 15.3 Å². The molecular weight excluding hydrogens is 395 g/mol. The zero-order valence-electron chi connectivity index (χ0n) is 15.6. The van der Waals surface area contributed by atoms with Gasteiger partial charge in [-0.15, -0.1) is 0 Å². The van der Waals surface area contributed by atoms with Crippen LogP contribution in [-0.2, 0) is 4.79 Å². The van der Waals surface area contributed by atoms with Crippen molar-refractivity contribution in [1.29, 1.82) is 0 Å². The highest BCUT2D eigenvalue weighted by Crippen LogP contribution is 2.34. The van der Waals surface area contributed by atoms with Gasteiger partial charge in [-0.25, -0.2) is 4.99 Å². The van der Waals surface area contributed by atoms with Gasteiger partial charge in [0.25, 0.3) is 0 Å². The van der Waals surface area contributed by atoms with Gasteiger partial charge in [-0.2, -0.15) is 13.2 Å². The Morgan fingerprint density at radius 3 is 2.50 bits per heavy atom. The van der Waals surface area contributed by atoms with Crippen LogP contribution in [0.2, 0.25) is 0 Å². The molecule has 0 saturated heterocycles. The molecule has 1 amide bonds. The average Bonchev–Trinajstić information content (AvgIpc) is 2.90. The van der Waals surface area contributed by atoms with Gasteiger partial charge < -0.3 is 10.1 Å². The molecule has 0 saturated carbocycles. The number of alkyl halides is 3. The highest BCUT2D eigenvalue weighted by atomic mass is 19.4. The number of carbonyl (C=O) groups excluding carboxylic acids is 1. The molecule has 0 atom stereocenters. The standard InChI is InChI=1S/C22H16F3N3O2/c23-22(24,25)13-30-17-4-5-18-20(11-17)27-19(12-21(29)28-18)16-3-1-2-15(10-16)14-6-8-26-9-7-14/h1-11H,12-13H2,(H,28,29). The van der Waals surface area contributed by atoms with Crippen molar-refractivity contribution in [2.75, 3.05) is 11.9 Å². The number of rotatable bonds is 4. The van der Waals surface area contributed by atoms with E-state index in [4.69, 9.17) is 4.74 Å². The number of amides is 1. The highest BCUT2D eigenvalue weighted by Gasteiger charge is 2.28. The number of anilines is 1. The van der Waals surface area contributed by atoms with Crippen LogP contribution in [0.1, 0.15) is 12.0 Å². The molecule has 4 rings (SSSR count). The first-order valence-corrected chi connectivity index (χ1v) is 9.09. The van der Waals surface area contributed by atoms with E-state index in [1.807, 2.05) is 36.4 Å². The summed E-state index contributed by atoms with van der Waals surface area (Å²) >= 11 is 0. The summed E-state index contributed by atoms with van der Waals surface area (Å²) in [5.74, 6) is -0.235. The molecule has 152 valence electrons. The van der Waals surface area contributed by atoms with Gasteiger partial charge in [0.05, 0.1) is 23.5 Å². The van der Waals surface area contributed by atoms with Crippen LogP contribution in [0.15, 0.2) is 72.0 Å². The van der Waals surface area contributed by atoms with Gasteiger partial charge in [-0.05, 0) is 47.0 Å². The molecule has 1 aliphatic rings. The third-order valence-corrected chi connectivity index (χ3v) is 4.44. The smallest absolute Gasteiger partial charge is 0.422 e. The van der Waals surface area contributed by atoms with Gasteiger partial charge in [-0.3, -0.25) is 9.78 Å². The summed E-state index contributed by atoms with van der Waals surface area (Å²) in [5, 5.41) is 2.73. The normalized spacial score (nSPS) is 13.7. The molecule has 0 spiro atoms. The molecule has 0 bridgehead atoms. The summed E-state index contributed by atoms with van der Waals surface area (Å²) in [4.78, 5) is 20.9. The molecule has 0 radical (unpaired) electrons. The van der Waals surface area contributed by atoms with Crippen molar-refractivity contribution in [1.82, 2.24) is 4.98 Å². The number of nitrogens with one attached hydrogen (secondary N) is 1. The fourth-order valence-corrected chi connectivity index (χ4v) is 3.09. The minimum absolute atomic E-state index is 0.0239. The maximum atomic E-state index is 12.4. The van der Waals surface area contributed by atoms with Crippen LogP contribution in [-0.4, -0.2) is 29.4 Å². The number of ether oxygens (including phenoxy) is 1. The number of halogens is 3. The van der Waals surface area contributed by atoms with Crippen molar-refractivity contribution in [3.05, 3.63) is 72.6 Å². The number of hydrogen-bond donors (Lipinski definition) is 1. The van der Waals surface area contributed by atoms with Gasteiger partial charge in [0.1, 0.15) is 5.75 Å². The van der Waals surface area contributed by atoms with Crippen LogP contribution in [0.5, 0.6) is 5.75 Å².